The van der Waals surface area contributed by atoms with E-state index in [0.29, 0.717) is 0 Å². The van der Waals surface area contributed by atoms with Crippen LogP contribution in [0.5, 0.6) is 0 Å². The second-order valence-corrected chi connectivity index (χ2v) is 3.33. The highest BCUT2D eigenvalue weighted by molar-refractivity contribution is 6.19. The summed E-state index contributed by atoms with van der Waals surface area (Å²) in [4.78, 5) is 11.4. The Labute approximate surface area is 85.5 Å². The molecule has 0 aromatic heterocycles. The van der Waals surface area contributed by atoms with E-state index in [1.807, 2.05) is 36.4 Å². The molecular formula is C13H16O. The number of carbonyl (C=O) groups excluding carboxylic acids is 1. The molecule has 1 heteroatoms. The molecule has 1 aromatic rings. The van der Waals surface area contributed by atoms with E-state index >= 15 is 0 Å². The van der Waals surface area contributed by atoms with Crippen molar-refractivity contribution in [3.8, 4) is 0 Å². The van der Waals surface area contributed by atoms with Crippen molar-refractivity contribution in [2.24, 2.45) is 0 Å². The van der Waals surface area contributed by atoms with Crippen LogP contribution in [0.25, 0.3) is 5.57 Å². The summed E-state index contributed by atoms with van der Waals surface area (Å²) in [5.74, 6) is 0.143. The molecule has 1 nitrogen and oxygen atoms in total. The fraction of sp³-hybridized carbons (Fsp3) is 0.308. The summed E-state index contributed by atoms with van der Waals surface area (Å²) in [6, 6.07) is 9.82. The van der Waals surface area contributed by atoms with Crippen LogP contribution in [0.15, 0.2) is 36.4 Å². The molecule has 0 heterocycles. The quantitative estimate of drug-likeness (QED) is 0.661. The van der Waals surface area contributed by atoms with Gasteiger partial charge in [-0.2, -0.15) is 0 Å². The number of hydrogen-bond acceptors (Lipinski definition) is 1. The van der Waals surface area contributed by atoms with E-state index in [-0.39, 0.29) is 5.78 Å². The number of Topliss-reactive ketones (excluding diaryl/α,β-unsaturated/α-hetero) is 1. The van der Waals surface area contributed by atoms with Gasteiger partial charge >= 0.3 is 0 Å². The molecular weight excluding hydrogens is 172 g/mol. The molecule has 0 aliphatic rings. The van der Waals surface area contributed by atoms with Crippen LogP contribution in [-0.2, 0) is 4.79 Å². The van der Waals surface area contributed by atoms with E-state index < -0.39 is 0 Å². The number of allylic oxidation sites excluding steroid dienone is 2. The van der Waals surface area contributed by atoms with Gasteiger partial charge in [-0.15, -0.1) is 0 Å². The molecule has 0 fully saturated rings. The van der Waals surface area contributed by atoms with Gasteiger partial charge in [-0.25, -0.2) is 0 Å². The van der Waals surface area contributed by atoms with Crippen molar-refractivity contribution in [2.75, 3.05) is 0 Å². The van der Waals surface area contributed by atoms with Gasteiger partial charge in [0.1, 0.15) is 0 Å². The monoisotopic (exact) mass is 188 g/mol. The first-order valence-electron chi connectivity index (χ1n) is 5.02. The van der Waals surface area contributed by atoms with E-state index in [9.17, 15) is 4.79 Å². The SMILES string of the molecule is CCCC=C(C(C)=O)c1ccccc1. The van der Waals surface area contributed by atoms with Crippen LogP contribution in [0.1, 0.15) is 32.3 Å². The second kappa shape index (κ2) is 5.38. The minimum absolute atomic E-state index is 0.143. The maximum atomic E-state index is 11.4. The Hall–Kier alpha value is -1.37. The standard InChI is InChI=1S/C13H16O/c1-3-4-10-13(11(2)14)12-8-6-5-7-9-12/h5-10H,3-4H2,1-2H3. The third-order valence-electron chi connectivity index (χ3n) is 2.10. The van der Waals surface area contributed by atoms with Crippen LogP contribution in [0.2, 0.25) is 0 Å². The highest BCUT2D eigenvalue weighted by Gasteiger charge is 2.04. The lowest BCUT2D eigenvalue weighted by Crippen LogP contribution is -1.95. The van der Waals surface area contributed by atoms with E-state index in [4.69, 9.17) is 0 Å². The summed E-state index contributed by atoms with van der Waals surface area (Å²) in [5, 5.41) is 0. The number of ketones is 1. The lowest BCUT2D eigenvalue weighted by atomic mass is 10.0. The Morgan fingerprint density at radius 1 is 1.29 bits per heavy atom. The van der Waals surface area contributed by atoms with E-state index in [0.717, 1.165) is 24.0 Å². The average molecular weight is 188 g/mol. The van der Waals surface area contributed by atoms with Crippen molar-refractivity contribution in [3.05, 3.63) is 42.0 Å². The Kier molecular flexibility index (Phi) is 4.11. The topological polar surface area (TPSA) is 17.1 Å². The fourth-order valence-electron chi connectivity index (χ4n) is 1.37. The second-order valence-electron chi connectivity index (χ2n) is 3.33. The minimum Gasteiger partial charge on any atom is -0.295 e. The van der Waals surface area contributed by atoms with E-state index in [1.165, 1.54) is 0 Å². The highest BCUT2D eigenvalue weighted by Crippen LogP contribution is 2.16. The summed E-state index contributed by atoms with van der Waals surface area (Å²) >= 11 is 0. The van der Waals surface area contributed by atoms with Gasteiger partial charge in [-0.3, -0.25) is 4.79 Å². The maximum absolute atomic E-state index is 11.4. The van der Waals surface area contributed by atoms with Gasteiger partial charge in [0, 0.05) is 5.57 Å². The molecule has 74 valence electrons. The zero-order chi connectivity index (χ0) is 10.4. The zero-order valence-electron chi connectivity index (χ0n) is 8.79. The summed E-state index contributed by atoms with van der Waals surface area (Å²) in [6.45, 7) is 3.73. The molecule has 0 atom stereocenters. The number of hydrogen-bond donors (Lipinski definition) is 0. The minimum atomic E-state index is 0.143. The first-order chi connectivity index (χ1) is 6.75. The number of rotatable bonds is 4. The summed E-state index contributed by atoms with van der Waals surface area (Å²) in [6.07, 6.45) is 4.06. The Morgan fingerprint density at radius 2 is 1.93 bits per heavy atom. The van der Waals surface area contributed by atoms with Crippen molar-refractivity contribution in [2.45, 2.75) is 26.7 Å². The van der Waals surface area contributed by atoms with Crippen molar-refractivity contribution in [1.82, 2.24) is 0 Å². The number of benzene rings is 1. The van der Waals surface area contributed by atoms with Crippen molar-refractivity contribution in [1.29, 1.82) is 0 Å². The van der Waals surface area contributed by atoms with Gasteiger partial charge in [0.2, 0.25) is 0 Å². The van der Waals surface area contributed by atoms with Gasteiger partial charge in [-0.05, 0) is 18.9 Å². The molecule has 0 saturated carbocycles. The first kappa shape index (κ1) is 10.7. The molecule has 0 amide bonds. The molecule has 1 rings (SSSR count). The van der Waals surface area contributed by atoms with E-state index in [1.54, 1.807) is 6.92 Å². The van der Waals surface area contributed by atoms with Crippen LogP contribution in [0.4, 0.5) is 0 Å². The molecule has 0 spiro atoms. The lowest BCUT2D eigenvalue weighted by molar-refractivity contribution is -0.111. The maximum Gasteiger partial charge on any atom is 0.160 e. The molecule has 0 bridgehead atoms. The van der Waals surface area contributed by atoms with Crippen LogP contribution in [0.3, 0.4) is 0 Å². The first-order valence-corrected chi connectivity index (χ1v) is 5.02. The van der Waals surface area contributed by atoms with Crippen molar-refractivity contribution < 1.29 is 4.79 Å². The fourth-order valence-corrected chi connectivity index (χ4v) is 1.37. The van der Waals surface area contributed by atoms with E-state index in [2.05, 4.69) is 6.92 Å². The van der Waals surface area contributed by atoms with Gasteiger partial charge in [0.15, 0.2) is 5.78 Å². The molecule has 0 unspecified atom stereocenters. The Balaban J connectivity index is 2.95. The van der Waals surface area contributed by atoms with Crippen LogP contribution < -0.4 is 0 Å². The van der Waals surface area contributed by atoms with Gasteiger partial charge in [0.05, 0.1) is 0 Å². The normalized spacial score (nSPS) is 11.4. The third-order valence-corrected chi connectivity index (χ3v) is 2.10. The van der Waals surface area contributed by atoms with Crippen molar-refractivity contribution >= 4 is 11.4 Å². The number of unbranched alkanes of at least 4 members (excludes halogenated alkanes) is 1. The molecule has 0 aliphatic carbocycles. The van der Waals surface area contributed by atoms with Gasteiger partial charge in [0.25, 0.3) is 0 Å². The van der Waals surface area contributed by atoms with Crippen LogP contribution >= 0.6 is 0 Å². The Morgan fingerprint density at radius 3 is 2.43 bits per heavy atom. The van der Waals surface area contributed by atoms with Gasteiger partial charge < -0.3 is 0 Å². The average Bonchev–Trinajstić information content (AvgIpc) is 2.19. The molecule has 0 saturated heterocycles. The lowest BCUT2D eigenvalue weighted by Gasteiger charge is -2.03. The van der Waals surface area contributed by atoms with Crippen molar-refractivity contribution in [3.63, 3.8) is 0 Å². The molecule has 14 heavy (non-hydrogen) atoms. The smallest absolute Gasteiger partial charge is 0.160 e. The highest BCUT2D eigenvalue weighted by atomic mass is 16.1. The predicted molar refractivity (Wildman–Crippen MR) is 60.0 cm³/mol. The largest absolute Gasteiger partial charge is 0.295 e. The zero-order valence-corrected chi connectivity index (χ0v) is 8.79. The molecule has 0 N–H and O–H groups in total. The summed E-state index contributed by atoms with van der Waals surface area (Å²) in [5.41, 5.74) is 1.86. The molecule has 1 aromatic carbocycles. The Bertz CT molecular complexity index is 322. The predicted octanol–water partition coefficient (Wildman–Crippen LogP) is 3.46. The number of carbonyl (C=O) groups is 1. The summed E-state index contributed by atoms with van der Waals surface area (Å²) < 4.78 is 0. The van der Waals surface area contributed by atoms with Gasteiger partial charge in [-0.1, -0.05) is 49.8 Å². The van der Waals surface area contributed by atoms with Crippen LogP contribution in [0, 0.1) is 0 Å². The third kappa shape index (κ3) is 2.84. The molecule has 0 radical (unpaired) electrons. The summed E-state index contributed by atoms with van der Waals surface area (Å²) in [7, 11) is 0. The molecule has 0 aliphatic heterocycles. The van der Waals surface area contributed by atoms with Crippen LogP contribution in [-0.4, -0.2) is 5.78 Å².